The maximum atomic E-state index is 12.9. The molecule has 0 bridgehead atoms. The Morgan fingerprint density at radius 1 is 1.00 bits per heavy atom. The van der Waals surface area contributed by atoms with Gasteiger partial charge in [0.25, 0.3) is 17.7 Å². The molecule has 6 heteroatoms. The van der Waals surface area contributed by atoms with E-state index in [2.05, 4.69) is 25.2 Å². The lowest BCUT2D eigenvalue weighted by molar-refractivity contribution is -0.121. The summed E-state index contributed by atoms with van der Waals surface area (Å²) in [6.45, 7) is 8.33. The Morgan fingerprint density at radius 3 is 2.34 bits per heavy atom. The van der Waals surface area contributed by atoms with Gasteiger partial charge in [-0.15, -0.1) is 0 Å². The monoisotopic (exact) mass is 431 g/mol. The Labute approximate surface area is 188 Å². The number of carbonyl (C=O) groups excluding carboxylic acids is 3. The molecule has 0 aliphatic carbocycles. The maximum Gasteiger partial charge on any atom is 0.281 e. The van der Waals surface area contributed by atoms with E-state index < -0.39 is 0 Å². The minimum atomic E-state index is -0.337. The number of likely N-dealkylation sites (tertiary alicyclic amines) is 1. The molecule has 0 aromatic heterocycles. The Hall–Kier alpha value is -3.41. The van der Waals surface area contributed by atoms with Gasteiger partial charge in [-0.05, 0) is 73.6 Å². The lowest BCUT2D eigenvalue weighted by atomic mass is 9.99. The molecule has 0 atom stereocenters. The number of rotatable bonds is 5. The van der Waals surface area contributed by atoms with Gasteiger partial charge < -0.3 is 10.2 Å². The van der Waals surface area contributed by atoms with Crippen LogP contribution in [-0.2, 0) is 16.1 Å². The number of piperidine rings is 1. The number of nitrogens with one attached hydrogen (secondary N) is 1. The van der Waals surface area contributed by atoms with E-state index in [9.17, 15) is 14.4 Å². The first-order valence-electron chi connectivity index (χ1n) is 11.1. The summed E-state index contributed by atoms with van der Waals surface area (Å²) in [4.78, 5) is 41.2. The first kappa shape index (κ1) is 21.8. The van der Waals surface area contributed by atoms with Crippen molar-refractivity contribution in [2.45, 2.75) is 40.2 Å². The molecule has 1 fully saturated rings. The average molecular weight is 432 g/mol. The van der Waals surface area contributed by atoms with Crippen LogP contribution in [0.5, 0.6) is 0 Å². The number of carbonyl (C=O) groups is 3. The number of hydrogen-bond acceptors (Lipinski definition) is 4. The van der Waals surface area contributed by atoms with Gasteiger partial charge in [0.05, 0.1) is 5.69 Å². The van der Waals surface area contributed by atoms with Crippen LogP contribution in [0, 0.1) is 19.8 Å². The van der Waals surface area contributed by atoms with E-state index in [-0.39, 0.29) is 17.7 Å². The van der Waals surface area contributed by atoms with Gasteiger partial charge in [0.1, 0.15) is 5.70 Å². The lowest BCUT2D eigenvalue weighted by Gasteiger charge is -2.32. The Kier molecular flexibility index (Phi) is 6.12. The number of hydrogen-bond donors (Lipinski definition) is 1. The summed E-state index contributed by atoms with van der Waals surface area (Å²) < 4.78 is 0. The summed E-state index contributed by atoms with van der Waals surface area (Å²) in [5, 5.41) is 2.92. The van der Waals surface area contributed by atoms with E-state index in [4.69, 9.17) is 0 Å². The van der Waals surface area contributed by atoms with Crippen molar-refractivity contribution >= 4 is 23.4 Å². The predicted octanol–water partition coefficient (Wildman–Crippen LogP) is 3.72. The van der Waals surface area contributed by atoms with Crippen LogP contribution >= 0.6 is 0 Å². The average Bonchev–Trinajstić information content (AvgIpc) is 3.09. The molecule has 1 saturated heterocycles. The van der Waals surface area contributed by atoms with Crippen LogP contribution in [0.2, 0.25) is 0 Å². The molecule has 2 aromatic rings. The zero-order chi connectivity index (χ0) is 22.8. The Morgan fingerprint density at radius 2 is 1.69 bits per heavy atom. The van der Waals surface area contributed by atoms with Crippen molar-refractivity contribution in [3.05, 3.63) is 76.5 Å². The molecule has 166 valence electrons. The second-order valence-corrected chi connectivity index (χ2v) is 8.83. The molecule has 2 aliphatic rings. The molecule has 0 radical (unpaired) electrons. The number of nitrogens with zero attached hydrogens (tertiary/aromatic N) is 2. The number of anilines is 1. The first-order valence-corrected chi connectivity index (χ1v) is 11.1. The smallest absolute Gasteiger partial charge is 0.281 e. The van der Waals surface area contributed by atoms with Crippen LogP contribution in [-0.4, -0.2) is 35.7 Å². The fourth-order valence-corrected chi connectivity index (χ4v) is 4.14. The summed E-state index contributed by atoms with van der Waals surface area (Å²) in [6.07, 6.45) is 3.47. The first-order chi connectivity index (χ1) is 15.3. The molecule has 4 rings (SSSR count). The molecule has 2 aromatic carbocycles. The molecule has 32 heavy (non-hydrogen) atoms. The van der Waals surface area contributed by atoms with E-state index >= 15 is 0 Å². The largest absolute Gasteiger partial charge is 0.367 e. The molecule has 0 spiro atoms. The van der Waals surface area contributed by atoms with Crippen LogP contribution in [0.15, 0.2) is 54.2 Å². The van der Waals surface area contributed by atoms with Crippen LogP contribution < -0.4 is 10.2 Å². The van der Waals surface area contributed by atoms with Gasteiger partial charge in [-0.25, -0.2) is 4.90 Å². The SMILES string of the molecule is Cc1ccc(CNC(=O)c2ccc(N3C(=O)C=C(N4CCC(C)CC4)C3=O)cc2)cc1C. The van der Waals surface area contributed by atoms with Crippen molar-refractivity contribution in [2.75, 3.05) is 18.0 Å². The van der Waals surface area contributed by atoms with Gasteiger partial charge in [0.2, 0.25) is 0 Å². The van der Waals surface area contributed by atoms with Crippen LogP contribution in [0.3, 0.4) is 0 Å². The highest BCUT2D eigenvalue weighted by atomic mass is 16.2. The van der Waals surface area contributed by atoms with Gasteiger partial charge in [-0.3, -0.25) is 14.4 Å². The maximum absolute atomic E-state index is 12.9. The normalized spacial score (nSPS) is 17.0. The van der Waals surface area contributed by atoms with Gasteiger partial charge >= 0.3 is 0 Å². The zero-order valence-corrected chi connectivity index (χ0v) is 18.9. The highest BCUT2D eigenvalue weighted by Gasteiger charge is 2.36. The molecular formula is C26H29N3O3. The quantitative estimate of drug-likeness (QED) is 0.733. The van der Waals surface area contributed by atoms with Crippen LogP contribution in [0.4, 0.5) is 5.69 Å². The molecule has 2 heterocycles. The van der Waals surface area contributed by atoms with Gasteiger partial charge in [-0.1, -0.05) is 25.1 Å². The number of aryl methyl sites for hydroxylation is 2. The summed E-state index contributed by atoms with van der Waals surface area (Å²) in [5.74, 6) is -0.189. The summed E-state index contributed by atoms with van der Waals surface area (Å²) >= 11 is 0. The topological polar surface area (TPSA) is 69.7 Å². The van der Waals surface area contributed by atoms with E-state index in [1.54, 1.807) is 24.3 Å². The van der Waals surface area contributed by atoms with Gasteiger partial charge in [0.15, 0.2) is 0 Å². The fraction of sp³-hybridized carbons (Fsp3) is 0.346. The van der Waals surface area contributed by atoms with Gasteiger partial charge in [-0.2, -0.15) is 0 Å². The van der Waals surface area contributed by atoms with E-state index in [0.29, 0.717) is 29.4 Å². The highest BCUT2D eigenvalue weighted by molar-refractivity contribution is 6.30. The van der Waals surface area contributed by atoms with E-state index in [1.807, 2.05) is 24.0 Å². The van der Waals surface area contributed by atoms with Crippen LogP contribution in [0.25, 0.3) is 0 Å². The van der Waals surface area contributed by atoms with E-state index in [0.717, 1.165) is 31.5 Å². The third kappa shape index (κ3) is 4.44. The Balaban J connectivity index is 1.40. The van der Waals surface area contributed by atoms with Crippen molar-refractivity contribution in [2.24, 2.45) is 5.92 Å². The van der Waals surface area contributed by atoms with Crippen molar-refractivity contribution in [3.63, 3.8) is 0 Å². The number of amides is 3. The van der Waals surface area contributed by atoms with Crippen molar-refractivity contribution in [1.82, 2.24) is 10.2 Å². The summed E-state index contributed by atoms with van der Waals surface area (Å²) in [7, 11) is 0. The Bertz CT molecular complexity index is 1080. The molecule has 1 N–H and O–H groups in total. The predicted molar refractivity (Wildman–Crippen MR) is 124 cm³/mol. The molecular weight excluding hydrogens is 402 g/mol. The fourth-order valence-electron chi connectivity index (χ4n) is 4.14. The van der Waals surface area contributed by atoms with Crippen molar-refractivity contribution in [1.29, 1.82) is 0 Å². The minimum Gasteiger partial charge on any atom is -0.367 e. The summed E-state index contributed by atoms with van der Waals surface area (Å²) in [6, 6.07) is 12.7. The molecule has 2 aliphatic heterocycles. The van der Waals surface area contributed by atoms with E-state index in [1.165, 1.54) is 22.1 Å². The molecule has 6 nitrogen and oxygen atoms in total. The second-order valence-electron chi connectivity index (χ2n) is 8.83. The van der Waals surface area contributed by atoms with Gasteiger partial charge in [0, 0.05) is 31.3 Å². The minimum absolute atomic E-state index is 0.199. The third-order valence-electron chi connectivity index (χ3n) is 6.44. The lowest BCUT2D eigenvalue weighted by Crippen LogP contribution is -2.38. The second kappa shape index (κ2) is 8.99. The third-order valence-corrected chi connectivity index (χ3v) is 6.44. The molecule has 0 unspecified atom stereocenters. The highest BCUT2D eigenvalue weighted by Crippen LogP contribution is 2.28. The molecule has 0 saturated carbocycles. The van der Waals surface area contributed by atoms with Crippen LogP contribution in [0.1, 0.15) is 46.8 Å². The van der Waals surface area contributed by atoms with Crippen molar-refractivity contribution < 1.29 is 14.4 Å². The zero-order valence-electron chi connectivity index (χ0n) is 18.9. The summed E-state index contributed by atoms with van der Waals surface area (Å²) in [5.41, 5.74) is 4.87. The standard InChI is InChI=1S/C26H29N3O3/c1-17-10-12-28(13-11-17)23-15-24(30)29(26(23)32)22-8-6-21(7-9-22)25(31)27-16-20-5-4-18(2)19(3)14-20/h4-9,14-15,17H,10-13,16H2,1-3H3,(H,27,31). The number of benzene rings is 2. The number of imide groups is 1. The molecule has 3 amide bonds. The van der Waals surface area contributed by atoms with Crippen molar-refractivity contribution in [3.8, 4) is 0 Å².